The molecule has 0 aliphatic heterocycles. The Balaban J connectivity index is 1.99. The fourth-order valence-electron chi connectivity index (χ4n) is 2.73. The second-order valence-electron chi connectivity index (χ2n) is 5.83. The summed E-state index contributed by atoms with van der Waals surface area (Å²) in [6.45, 7) is 2.20. The first kappa shape index (κ1) is 19.1. The number of nitrogens with one attached hydrogen (secondary N) is 1. The third-order valence-corrected chi connectivity index (χ3v) is 5.30. The second kappa shape index (κ2) is 7.51. The minimum absolute atomic E-state index is 0.0887. The van der Waals surface area contributed by atoms with Crippen LogP contribution in [0.5, 0.6) is 0 Å². The monoisotopic (exact) mass is 405 g/mol. The molecule has 0 bridgehead atoms. The molecule has 0 spiro atoms. The van der Waals surface area contributed by atoms with Crippen molar-refractivity contribution in [2.75, 3.05) is 18.2 Å². The number of ether oxygens (including phenoxy) is 1. The van der Waals surface area contributed by atoms with Gasteiger partial charge < -0.3 is 20.9 Å². The zero-order valence-electron chi connectivity index (χ0n) is 14.5. The Bertz CT molecular complexity index is 1060. The van der Waals surface area contributed by atoms with Crippen LogP contribution in [0.2, 0.25) is 5.02 Å². The molecule has 3 aromatic rings. The van der Waals surface area contributed by atoms with E-state index in [0.717, 1.165) is 11.3 Å². The van der Waals surface area contributed by atoms with E-state index in [-0.39, 0.29) is 10.6 Å². The quantitative estimate of drug-likeness (QED) is 0.592. The summed E-state index contributed by atoms with van der Waals surface area (Å²) in [5.41, 5.74) is 8.39. The van der Waals surface area contributed by atoms with Crippen LogP contribution in [0.3, 0.4) is 0 Å². The highest BCUT2D eigenvalue weighted by Gasteiger charge is 2.21. The molecule has 0 aliphatic rings. The highest BCUT2D eigenvalue weighted by molar-refractivity contribution is 7.21. The van der Waals surface area contributed by atoms with E-state index in [9.17, 15) is 9.59 Å². The Morgan fingerprint density at radius 2 is 2.11 bits per heavy atom. The topological polar surface area (TPSA) is 115 Å². The van der Waals surface area contributed by atoms with Crippen LogP contribution in [-0.2, 0) is 11.3 Å². The largest absolute Gasteiger partial charge is 0.478 e. The highest BCUT2D eigenvalue weighted by atomic mass is 35.5. The zero-order chi connectivity index (χ0) is 19.7. The van der Waals surface area contributed by atoms with Crippen LogP contribution < -0.4 is 11.1 Å². The van der Waals surface area contributed by atoms with E-state index < -0.39 is 11.9 Å². The SMILES string of the molecule is COCc1cc(C)nc2sc(C(=O)Nc3ccc(Cl)c(C(=O)O)c3)c(N)c12. The summed E-state index contributed by atoms with van der Waals surface area (Å²) in [5, 5.41) is 12.6. The van der Waals surface area contributed by atoms with Gasteiger partial charge in [0.25, 0.3) is 5.91 Å². The molecule has 7 nitrogen and oxygen atoms in total. The van der Waals surface area contributed by atoms with Crippen LogP contribution in [0.25, 0.3) is 10.2 Å². The zero-order valence-corrected chi connectivity index (χ0v) is 16.1. The van der Waals surface area contributed by atoms with Crippen molar-refractivity contribution < 1.29 is 19.4 Å². The molecular formula is C18H16ClN3O4S. The normalized spacial score (nSPS) is 10.9. The summed E-state index contributed by atoms with van der Waals surface area (Å²) in [6.07, 6.45) is 0. The number of aromatic carboxylic acids is 1. The van der Waals surface area contributed by atoms with E-state index in [1.807, 2.05) is 13.0 Å². The van der Waals surface area contributed by atoms with Crippen LogP contribution >= 0.6 is 22.9 Å². The van der Waals surface area contributed by atoms with Gasteiger partial charge in [0.15, 0.2) is 0 Å². The van der Waals surface area contributed by atoms with Crippen LogP contribution in [0.15, 0.2) is 24.3 Å². The molecule has 0 aliphatic carbocycles. The van der Waals surface area contributed by atoms with Crippen molar-refractivity contribution in [3.05, 3.63) is 51.0 Å². The van der Waals surface area contributed by atoms with Gasteiger partial charge in [-0.05, 0) is 36.8 Å². The van der Waals surface area contributed by atoms with Gasteiger partial charge in [-0.1, -0.05) is 11.6 Å². The molecule has 27 heavy (non-hydrogen) atoms. The number of rotatable bonds is 5. The maximum absolute atomic E-state index is 12.7. The molecule has 0 unspecified atom stereocenters. The first-order valence-electron chi connectivity index (χ1n) is 7.83. The predicted octanol–water partition coefficient (Wildman–Crippen LogP) is 3.94. The molecule has 2 heterocycles. The molecule has 140 valence electrons. The maximum Gasteiger partial charge on any atom is 0.337 e. The Morgan fingerprint density at radius 1 is 1.37 bits per heavy atom. The summed E-state index contributed by atoms with van der Waals surface area (Å²) < 4.78 is 5.21. The molecule has 3 rings (SSSR count). The van der Waals surface area contributed by atoms with Gasteiger partial charge in [0.2, 0.25) is 0 Å². The number of aromatic nitrogens is 1. The third kappa shape index (κ3) is 3.73. The molecule has 0 atom stereocenters. The molecule has 9 heteroatoms. The number of hydrogen-bond donors (Lipinski definition) is 3. The molecule has 2 aromatic heterocycles. The summed E-state index contributed by atoms with van der Waals surface area (Å²) in [6, 6.07) is 6.10. The Labute approximate surface area is 163 Å². The van der Waals surface area contributed by atoms with Crippen molar-refractivity contribution in [2.45, 2.75) is 13.5 Å². The number of thiophene rings is 1. The fourth-order valence-corrected chi connectivity index (χ4v) is 4.01. The smallest absolute Gasteiger partial charge is 0.337 e. The van der Waals surface area contributed by atoms with Crippen LogP contribution in [-0.4, -0.2) is 29.1 Å². The Hall–Kier alpha value is -2.68. The number of carboxylic acids is 1. The Morgan fingerprint density at radius 3 is 2.78 bits per heavy atom. The van der Waals surface area contributed by atoms with Crippen molar-refractivity contribution >= 4 is 56.4 Å². The van der Waals surface area contributed by atoms with Gasteiger partial charge in [-0.3, -0.25) is 4.79 Å². The molecule has 1 amide bonds. The summed E-state index contributed by atoms with van der Waals surface area (Å²) in [4.78, 5) is 29.3. The van der Waals surface area contributed by atoms with Gasteiger partial charge in [-0.2, -0.15) is 0 Å². The number of carbonyl (C=O) groups excluding carboxylic acids is 1. The lowest BCUT2D eigenvalue weighted by Crippen LogP contribution is -2.12. The average molecular weight is 406 g/mol. The van der Waals surface area contributed by atoms with Crippen LogP contribution in [0.4, 0.5) is 11.4 Å². The van der Waals surface area contributed by atoms with E-state index in [1.54, 1.807) is 7.11 Å². The predicted molar refractivity (Wildman–Crippen MR) is 106 cm³/mol. The molecule has 0 saturated carbocycles. The summed E-state index contributed by atoms with van der Waals surface area (Å²) >= 11 is 7.03. The number of carboxylic acid groups (broad SMARTS) is 1. The number of halogens is 1. The molecule has 0 fully saturated rings. The van der Waals surface area contributed by atoms with Crippen molar-refractivity contribution in [3.8, 4) is 0 Å². The number of nitrogens with zero attached hydrogens (tertiary/aromatic N) is 1. The number of pyridine rings is 1. The fraction of sp³-hybridized carbons (Fsp3) is 0.167. The minimum Gasteiger partial charge on any atom is -0.478 e. The Kier molecular flexibility index (Phi) is 5.31. The van der Waals surface area contributed by atoms with E-state index in [0.29, 0.717) is 33.1 Å². The number of anilines is 2. The highest BCUT2D eigenvalue weighted by Crippen LogP contribution is 2.36. The van der Waals surface area contributed by atoms with Gasteiger partial charge in [-0.15, -0.1) is 11.3 Å². The maximum atomic E-state index is 12.7. The minimum atomic E-state index is -1.18. The lowest BCUT2D eigenvalue weighted by atomic mass is 10.1. The van der Waals surface area contributed by atoms with Crippen molar-refractivity contribution in [1.82, 2.24) is 4.98 Å². The van der Waals surface area contributed by atoms with Crippen molar-refractivity contribution in [2.24, 2.45) is 0 Å². The number of nitrogens with two attached hydrogens (primary N) is 1. The van der Waals surface area contributed by atoms with Crippen LogP contribution in [0.1, 0.15) is 31.3 Å². The average Bonchev–Trinajstić information content (AvgIpc) is 2.93. The number of amides is 1. The van der Waals surface area contributed by atoms with Crippen LogP contribution in [0, 0.1) is 6.92 Å². The van der Waals surface area contributed by atoms with Gasteiger partial charge in [0, 0.05) is 23.9 Å². The standard InChI is InChI=1S/C18H16ClN3O4S/c1-8-5-9(7-26-2)13-14(20)15(27-17(13)21-8)16(23)22-10-3-4-12(19)11(6-10)18(24)25/h3-6H,7,20H2,1-2H3,(H,22,23)(H,24,25). The molecular weight excluding hydrogens is 390 g/mol. The number of benzene rings is 1. The van der Waals surface area contributed by atoms with Gasteiger partial charge in [0.05, 0.1) is 22.9 Å². The van der Waals surface area contributed by atoms with Crippen molar-refractivity contribution in [3.63, 3.8) is 0 Å². The first-order valence-corrected chi connectivity index (χ1v) is 9.03. The lowest BCUT2D eigenvalue weighted by molar-refractivity contribution is 0.0696. The third-order valence-electron chi connectivity index (χ3n) is 3.87. The second-order valence-corrected chi connectivity index (χ2v) is 7.24. The van der Waals surface area contributed by atoms with Gasteiger partial charge in [-0.25, -0.2) is 9.78 Å². The summed E-state index contributed by atoms with van der Waals surface area (Å²) in [7, 11) is 1.58. The first-order chi connectivity index (χ1) is 12.8. The van der Waals surface area contributed by atoms with E-state index in [4.69, 9.17) is 27.2 Å². The van der Waals surface area contributed by atoms with Gasteiger partial charge >= 0.3 is 5.97 Å². The molecule has 0 saturated heterocycles. The molecule has 4 N–H and O–H groups in total. The number of aryl methyl sites for hydroxylation is 1. The van der Waals surface area contributed by atoms with Crippen molar-refractivity contribution in [1.29, 1.82) is 0 Å². The van der Waals surface area contributed by atoms with E-state index in [1.165, 1.54) is 29.5 Å². The molecule has 0 radical (unpaired) electrons. The number of nitrogen functional groups attached to an aromatic ring is 1. The molecule has 1 aromatic carbocycles. The number of carbonyl (C=O) groups is 2. The van der Waals surface area contributed by atoms with Gasteiger partial charge in [0.1, 0.15) is 9.71 Å². The van der Waals surface area contributed by atoms with E-state index in [2.05, 4.69) is 10.3 Å². The number of methoxy groups -OCH3 is 1. The summed E-state index contributed by atoms with van der Waals surface area (Å²) in [5.74, 6) is -1.63. The number of fused-ring (bicyclic) bond motifs is 1. The number of hydrogen-bond acceptors (Lipinski definition) is 6. The lowest BCUT2D eigenvalue weighted by Gasteiger charge is -2.07. The van der Waals surface area contributed by atoms with E-state index >= 15 is 0 Å².